The number of methoxy groups -OCH3 is 1. The van der Waals surface area contributed by atoms with Gasteiger partial charge in [0.25, 0.3) is 0 Å². The van der Waals surface area contributed by atoms with Gasteiger partial charge in [0.15, 0.2) is 0 Å². The summed E-state index contributed by atoms with van der Waals surface area (Å²) in [5.41, 5.74) is 0. The van der Waals surface area contributed by atoms with Gasteiger partial charge in [-0.3, -0.25) is 9.59 Å². The Morgan fingerprint density at radius 2 is 1.76 bits per heavy atom. The van der Waals surface area contributed by atoms with Crippen molar-refractivity contribution < 1.29 is 14.3 Å². The molecule has 0 spiro atoms. The molecule has 0 unspecified atom stereocenters. The van der Waals surface area contributed by atoms with Crippen LogP contribution in [-0.4, -0.2) is 51.7 Å². The Morgan fingerprint density at radius 3 is 2.48 bits per heavy atom. The molecular formula is C15H29N3O3. The number of ether oxygens (including phenoxy) is 1. The topological polar surface area (TPSA) is 79.5 Å². The van der Waals surface area contributed by atoms with Crippen molar-refractivity contribution in [3.8, 4) is 0 Å². The first-order valence-electron chi connectivity index (χ1n) is 7.98. The zero-order valence-electron chi connectivity index (χ0n) is 13.1. The molecule has 122 valence electrons. The van der Waals surface area contributed by atoms with Gasteiger partial charge in [0.2, 0.25) is 11.8 Å². The second-order valence-electron chi connectivity index (χ2n) is 5.47. The highest BCUT2D eigenvalue weighted by Crippen LogP contribution is 2.23. The summed E-state index contributed by atoms with van der Waals surface area (Å²) >= 11 is 0. The Bertz CT molecular complexity index is 305. The van der Waals surface area contributed by atoms with Crippen LogP contribution < -0.4 is 16.0 Å². The average molecular weight is 299 g/mol. The number of amides is 2. The van der Waals surface area contributed by atoms with Gasteiger partial charge in [-0.25, -0.2) is 0 Å². The van der Waals surface area contributed by atoms with Gasteiger partial charge in [0, 0.05) is 45.6 Å². The van der Waals surface area contributed by atoms with E-state index >= 15 is 0 Å². The normalized spacial score (nSPS) is 15.7. The van der Waals surface area contributed by atoms with Crippen molar-refractivity contribution in [1.29, 1.82) is 0 Å². The van der Waals surface area contributed by atoms with Crippen molar-refractivity contribution in [2.45, 2.75) is 38.5 Å². The number of nitrogens with one attached hydrogen (secondary N) is 3. The lowest BCUT2D eigenvalue weighted by atomic mass is 9.89. The molecule has 1 aliphatic carbocycles. The number of carbonyl (C=O) groups is 2. The van der Waals surface area contributed by atoms with Gasteiger partial charge in [0.1, 0.15) is 0 Å². The largest absolute Gasteiger partial charge is 0.383 e. The lowest BCUT2D eigenvalue weighted by Gasteiger charge is -2.20. The van der Waals surface area contributed by atoms with Gasteiger partial charge < -0.3 is 20.7 Å². The molecule has 6 heteroatoms. The molecule has 21 heavy (non-hydrogen) atoms. The first-order chi connectivity index (χ1) is 10.2. The molecule has 1 fully saturated rings. The Balaban J connectivity index is 1.96. The van der Waals surface area contributed by atoms with Crippen LogP contribution in [0.5, 0.6) is 0 Å². The standard InChI is InChI=1S/C15H29N3O3/c1-21-12-11-16-9-10-17-14(19)7-8-18-15(20)13-5-3-2-4-6-13/h13,16H,2-12H2,1H3,(H,17,19)(H,18,20). The van der Waals surface area contributed by atoms with E-state index in [0.29, 0.717) is 26.1 Å². The van der Waals surface area contributed by atoms with Crippen molar-refractivity contribution in [3.63, 3.8) is 0 Å². The molecule has 0 aliphatic heterocycles. The summed E-state index contributed by atoms with van der Waals surface area (Å²) in [5, 5.41) is 8.84. The molecule has 0 bridgehead atoms. The second-order valence-corrected chi connectivity index (χ2v) is 5.47. The van der Waals surface area contributed by atoms with E-state index in [-0.39, 0.29) is 17.7 Å². The second kappa shape index (κ2) is 11.5. The summed E-state index contributed by atoms with van der Waals surface area (Å²) in [6.07, 6.45) is 5.86. The fourth-order valence-electron chi connectivity index (χ4n) is 2.49. The zero-order valence-corrected chi connectivity index (χ0v) is 13.1. The van der Waals surface area contributed by atoms with Crippen molar-refractivity contribution in [3.05, 3.63) is 0 Å². The summed E-state index contributed by atoms with van der Waals surface area (Å²) in [6, 6.07) is 0. The Hall–Kier alpha value is -1.14. The highest BCUT2D eigenvalue weighted by Gasteiger charge is 2.20. The molecule has 0 atom stereocenters. The molecular weight excluding hydrogens is 270 g/mol. The van der Waals surface area contributed by atoms with Crippen molar-refractivity contribution >= 4 is 11.8 Å². The molecule has 0 saturated heterocycles. The van der Waals surface area contributed by atoms with Crippen LogP contribution in [0.3, 0.4) is 0 Å². The predicted molar refractivity (Wildman–Crippen MR) is 82.0 cm³/mol. The van der Waals surface area contributed by atoms with Gasteiger partial charge in [-0.2, -0.15) is 0 Å². The summed E-state index contributed by atoms with van der Waals surface area (Å²) in [6.45, 7) is 3.20. The van der Waals surface area contributed by atoms with E-state index in [1.807, 2.05) is 0 Å². The maximum absolute atomic E-state index is 11.9. The fraction of sp³-hybridized carbons (Fsp3) is 0.867. The van der Waals surface area contributed by atoms with Gasteiger partial charge in [-0.05, 0) is 12.8 Å². The summed E-state index contributed by atoms with van der Waals surface area (Å²) < 4.78 is 4.90. The first kappa shape index (κ1) is 17.9. The molecule has 1 saturated carbocycles. The van der Waals surface area contributed by atoms with Crippen LogP contribution in [0, 0.1) is 5.92 Å². The number of rotatable bonds is 10. The van der Waals surface area contributed by atoms with Crippen LogP contribution in [0.25, 0.3) is 0 Å². The van der Waals surface area contributed by atoms with E-state index in [0.717, 1.165) is 38.8 Å². The quantitative estimate of drug-likeness (QED) is 0.511. The van der Waals surface area contributed by atoms with E-state index in [9.17, 15) is 9.59 Å². The molecule has 6 nitrogen and oxygen atoms in total. The lowest BCUT2D eigenvalue weighted by molar-refractivity contribution is -0.126. The SMILES string of the molecule is COCCNCCNC(=O)CCNC(=O)C1CCCCC1. The fourth-order valence-corrected chi connectivity index (χ4v) is 2.49. The van der Waals surface area contributed by atoms with Gasteiger partial charge in [-0.15, -0.1) is 0 Å². The average Bonchev–Trinajstić information content (AvgIpc) is 2.51. The molecule has 0 aromatic carbocycles. The summed E-state index contributed by atoms with van der Waals surface area (Å²) in [5.74, 6) is 0.253. The van der Waals surface area contributed by atoms with Crippen molar-refractivity contribution in [1.82, 2.24) is 16.0 Å². The Morgan fingerprint density at radius 1 is 1.00 bits per heavy atom. The van der Waals surface area contributed by atoms with Crippen LogP contribution in [0.15, 0.2) is 0 Å². The number of carbonyl (C=O) groups excluding carboxylic acids is 2. The van der Waals surface area contributed by atoms with E-state index in [4.69, 9.17) is 4.74 Å². The zero-order chi connectivity index (χ0) is 15.3. The molecule has 1 aliphatic rings. The predicted octanol–water partition coefficient (Wildman–Crippen LogP) is 0.425. The van der Waals surface area contributed by atoms with Crippen LogP contribution in [0.4, 0.5) is 0 Å². The molecule has 0 aromatic heterocycles. The summed E-state index contributed by atoms with van der Waals surface area (Å²) in [7, 11) is 1.66. The summed E-state index contributed by atoms with van der Waals surface area (Å²) in [4.78, 5) is 23.5. The third-order valence-electron chi connectivity index (χ3n) is 3.73. The molecule has 0 aromatic rings. The minimum Gasteiger partial charge on any atom is -0.383 e. The van der Waals surface area contributed by atoms with E-state index in [1.54, 1.807) is 7.11 Å². The number of hydrogen-bond donors (Lipinski definition) is 3. The van der Waals surface area contributed by atoms with Crippen LogP contribution in [0.2, 0.25) is 0 Å². The third-order valence-corrected chi connectivity index (χ3v) is 3.73. The molecule has 3 N–H and O–H groups in total. The van der Waals surface area contributed by atoms with Crippen LogP contribution in [-0.2, 0) is 14.3 Å². The van der Waals surface area contributed by atoms with Crippen molar-refractivity contribution in [2.24, 2.45) is 5.92 Å². The molecule has 0 heterocycles. The number of hydrogen-bond acceptors (Lipinski definition) is 4. The van der Waals surface area contributed by atoms with Gasteiger partial charge in [0.05, 0.1) is 6.61 Å². The van der Waals surface area contributed by atoms with E-state index < -0.39 is 0 Å². The lowest BCUT2D eigenvalue weighted by Crippen LogP contribution is -2.37. The Labute approximate surface area is 127 Å². The van der Waals surface area contributed by atoms with E-state index in [1.165, 1.54) is 6.42 Å². The highest BCUT2D eigenvalue weighted by atomic mass is 16.5. The molecule has 2 amide bonds. The van der Waals surface area contributed by atoms with Crippen LogP contribution in [0.1, 0.15) is 38.5 Å². The van der Waals surface area contributed by atoms with Gasteiger partial charge >= 0.3 is 0 Å². The smallest absolute Gasteiger partial charge is 0.223 e. The maximum atomic E-state index is 11.9. The Kier molecular flexibility index (Phi) is 9.82. The minimum absolute atomic E-state index is 0.0208. The van der Waals surface area contributed by atoms with Gasteiger partial charge in [-0.1, -0.05) is 19.3 Å². The maximum Gasteiger partial charge on any atom is 0.223 e. The van der Waals surface area contributed by atoms with E-state index in [2.05, 4.69) is 16.0 Å². The highest BCUT2D eigenvalue weighted by molar-refractivity contribution is 5.80. The molecule has 0 radical (unpaired) electrons. The molecule has 1 rings (SSSR count). The van der Waals surface area contributed by atoms with Crippen molar-refractivity contribution in [2.75, 3.05) is 39.9 Å². The monoisotopic (exact) mass is 299 g/mol. The van der Waals surface area contributed by atoms with Crippen LogP contribution >= 0.6 is 0 Å². The third kappa shape index (κ3) is 8.67. The minimum atomic E-state index is -0.0208. The first-order valence-corrected chi connectivity index (χ1v) is 7.98.